The zero-order valence-electron chi connectivity index (χ0n) is 17.9. The first-order valence-corrected chi connectivity index (χ1v) is 10.3. The Hall–Kier alpha value is -1.24. The van der Waals surface area contributed by atoms with Crippen molar-refractivity contribution >= 4 is 11.8 Å². The smallest absolute Gasteiger partial charge is 0.303 e. The van der Waals surface area contributed by atoms with E-state index in [1.165, 1.54) is 0 Å². The molecule has 1 saturated carbocycles. The number of carbonyl (C=O) groups excluding carboxylic acids is 1. The first-order valence-electron chi connectivity index (χ1n) is 10.3. The summed E-state index contributed by atoms with van der Waals surface area (Å²) in [4.78, 5) is 24.8. The standard InChI is InChI=1S/C22H36O6/c1-7-12(2)8-15(23)19-13(3)14(10-18(25)26)9-16-20(4,5)11-17(24)22(27,28)21(16,19)6/h9,12-14,17,19,24,27-28H,7-8,10-11H2,1-6H3,(H,25,26)/t12-,13+,14?,17?,19-,21+/m1/s1. The van der Waals surface area contributed by atoms with E-state index in [-0.39, 0.29) is 36.4 Å². The van der Waals surface area contributed by atoms with Gasteiger partial charge in [0, 0.05) is 12.3 Å². The van der Waals surface area contributed by atoms with Gasteiger partial charge in [-0.2, -0.15) is 0 Å². The normalized spacial score (nSPS) is 37.5. The van der Waals surface area contributed by atoms with Crippen molar-refractivity contribution in [2.24, 2.45) is 34.5 Å². The minimum atomic E-state index is -2.47. The van der Waals surface area contributed by atoms with Gasteiger partial charge in [0.05, 0.1) is 11.8 Å². The lowest BCUT2D eigenvalue weighted by molar-refractivity contribution is -0.313. The van der Waals surface area contributed by atoms with E-state index < -0.39 is 34.6 Å². The van der Waals surface area contributed by atoms with Crippen LogP contribution in [0.2, 0.25) is 0 Å². The van der Waals surface area contributed by atoms with E-state index in [9.17, 15) is 30.0 Å². The molecule has 1 fully saturated rings. The molecule has 2 aliphatic carbocycles. The number of carboxylic acids is 1. The van der Waals surface area contributed by atoms with Crippen molar-refractivity contribution < 1.29 is 30.0 Å². The Morgan fingerprint density at radius 1 is 1.25 bits per heavy atom. The lowest BCUT2D eigenvalue weighted by atomic mass is 9.45. The van der Waals surface area contributed by atoms with Gasteiger partial charge in [0.2, 0.25) is 0 Å². The second kappa shape index (κ2) is 7.54. The van der Waals surface area contributed by atoms with Crippen LogP contribution in [0.15, 0.2) is 11.6 Å². The third-order valence-corrected chi connectivity index (χ3v) is 7.43. The summed E-state index contributed by atoms with van der Waals surface area (Å²) in [6.45, 7) is 11.2. The number of carbonyl (C=O) groups is 2. The quantitative estimate of drug-likeness (QED) is 0.405. The highest BCUT2D eigenvalue weighted by atomic mass is 16.5. The molecule has 0 heterocycles. The molecule has 2 rings (SSSR count). The van der Waals surface area contributed by atoms with Crippen LogP contribution in [0.25, 0.3) is 0 Å². The van der Waals surface area contributed by atoms with Gasteiger partial charge in [0.25, 0.3) is 0 Å². The number of allylic oxidation sites excluding steroid dienone is 1. The SMILES string of the molecule is CC[C@@H](C)CC(=O)[C@H]1[C@@H](C)C(CC(=O)O)C=C2C(C)(C)CC(O)C(O)(O)[C@@]21C. The molecule has 28 heavy (non-hydrogen) atoms. The summed E-state index contributed by atoms with van der Waals surface area (Å²) < 4.78 is 0. The Morgan fingerprint density at radius 2 is 1.82 bits per heavy atom. The second-order valence-electron chi connectivity index (χ2n) is 9.90. The monoisotopic (exact) mass is 396 g/mol. The minimum absolute atomic E-state index is 0.0947. The molecule has 4 N–H and O–H groups in total. The molecule has 6 atom stereocenters. The second-order valence-corrected chi connectivity index (χ2v) is 9.90. The number of aliphatic hydroxyl groups excluding tert-OH is 1. The number of Topliss-reactive ketones (excluding diaryl/α,β-unsaturated/α-hetero) is 1. The highest BCUT2D eigenvalue weighted by molar-refractivity contribution is 5.84. The average Bonchev–Trinajstić information content (AvgIpc) is 2.54. The van der Waals surface area contributed by atoms with Crippen LogP contribution in [0.5, 0.6) is 0 Å². The number of carboxylic acid groups (broad SMARTS) is 1. The van der Waals surface area contributed by atoms with E-state index >= 15 is 0 Å². The van der Waals surface area contributed by atoms with Crippen molar-refractivity contribution in [3.63, 3.8) is 0 Å². The predicted octanol–water partition coefficient (Wildman–Crippen LogP) is 2.75. The molecule has 0 radical (unpaired) electrons. The molecule has 0 aromatic carbocycles. The fraction of sp³-hybridized carbons (Fsp3) is 0.818. The van der Waals surface area contributed by atoms with E-state index in [1.807, 2.05) is 40.7 Å². The van der Waals surface area contributed by atoms with Crippen LogP contribution in [0, 0.1) is 34.5 Å². The van der Waals surface area contributed by atoms with Crippen molar-refractivity contribution in [1.82, 2.24) is 0 Å². The van der Waals surface area contributed by atoms with E-state index in [2.05, 4.69) is 0 Å². The maximum atomic E-state index is 13.4. The van der Waals surface area contributed by atoms with Crippen molar-refractivity contribution in [1.29, 1.82) is 0 Å². The fourth-order valence-corrected chi connectivity index (χ4v) is 5.59. The zero-order chi connectivity index (χ0) is 21.7. The molecule has 0 spiro atoms. The van der Waals surface area contributed by atoms with Gasteiger partial charge < -0.3 is 20.4 Å². The third-order valence-electron chi connectivity index (χ3n) is 7.43. The van der Waals surface area contributed by atoms with Crippen LogP contribution in [0.1, 0.15) is 67.2 Å². The maximum absolute atomic E-state index is 13.4. The average molecular weight is 397 g/mol. The predicted molar refractivity (Wildman–Crippen MR) is 105 cm³/mol. The molecule has 0 aliphatic heterocycles. The molecule has 160 valence electrons. The molecule has 0 aromatic rings. The molecular weight excluding hydrogens is 360 g/mol. The summed E-state index contributed by atoms with van der Waals surface area (Å²) in [5.74, 6) is -4.91. The summed E-state index contributed by atoms with van der Waals surface area (Å²) >= 11 is 0. The summed E-state index contributed by atoms with van der Waals surface area (Å²) in [6.07, 6.45) is 1.56. The van der Waals surface area contributed by atoms with E-state index in [4.69, 9.17) is 0 Å². The number of hydrogen-bond donors (Lipinski definition) is 4. The van der Waals surface area contributed by atoms with Gasteiger partial charge in [-0.25, -0.2) is 0 Å². The maximum Gasteiger partial charge on any atom is 0.303 e. The van der Waals surface area contributed by atoms with Gasteiger partial charge >= 0.3 is 5.97 Å². The Balaban J connectivity index is 2.68. The molecule has 6 nitrogen and oxygen atoms in total. The third kappa shape index (κ3) is 3.55. The summed E-state index contributed by atoms with van der Waals surface area (Å²) in [7, 11) is 0. The molecule has 0 amide bonds. The van der Waals surface area contributed by atoms with Crippen LogP contribution >= 0.6 is 0 Å². The zero-order valence-corrected chi connectivity index (χ0v) is 17.9. The molecule has 0 bridgehead atoms. The van der Waals surface area contributed by atoms with E-state index in [0.717, 1.165) is 6.42 Å². The van der Waals surface area contributed by atoms with Gasteiger partial charge in [0.1, 0.15) is 11.9 Å². The van der Waals surface area contributed by atoms with E-state index in [1.54, 1.807) is 6.92 Å². The molecule has 6 heteroatoms. The van der Waals surface area contributed by atoms with Crippen LogP contribution < -0.4 is 0 Å². The lowest BCUT2D eigenvalue weighted by Gasteiger charge is -2.61. The van der Waals surface area contributed by atoms with E-state index in [0.29, 0.717) is 12.0 Å². The summed E-state index contributed by atoms with van der Waals surface area (Å²) in [5, 5.41) is 42.0. The molecule has 2 aliphatic rings. The highest BCUT2D eigenvalue weighted by Gasteiger charge is 2.67. The van der Waals surface area contributed by atoms with Gasteiger partial charge in [-0.15, -0.1) is 0 Å². The van der Waals surface area contributed by atoms with Crippen molar-refractivity contribution in [3.8, 4) is 0 Å². The van der Waals surface area contributed by atoms with Crippen LogP contribution in [0.3, 0.4) is 0 Å². The molecule has 0 saturated heterocycles. The topological polar surface area (TPSA) is 115 Å². The summed E-state index contributed by atoms with van der Waals surface area (Å²) in [6, 6.07) is 0. The Bertz CT molecular complexity index is 664. The van der Waals surface area contributed by atoms with Crippen molar-refractivity contribution in [2.75, 3.05) is 0 Å². The lowest BCUT2D eigenvalue weighted by Crippen LogP contribution is -2.68. The van der Waals surface area contributed by atoms with Gasteiger partial charge in [-0.3, -0.25) is 9.59 Å². The first kappa shape index (κ1) is 23.0. The number of aliphatic carboxylic acids is 1. The van der Waals surface area contributed by atoms with Crippen molar-refractivity contribution in [3.05, 3.63) is 11.6 Å². The number of rotatable bonds is 6. The highest BCUT2D eigenvalue weighted by Crippen LogP contribution is 2.63. The van der Waals surface area contributed by atoms with Gasteiger partial charge in [-0.1, -0.05) is 52.7 Å². The minimum Gasteiger partial charge on any atom is -0.481 e. The first-order chi connectivity index (χ1) is 12.7. The Labute approximate surface area is 167 Å². The number of hydrogen-bond acceptors (Lipinski definition) is 5. The van der Waals surface area contributed by atoms with Crippen LogP contribution in [-0.4, -0.2) is 44.1 Å². The van der Waals surface area contributed by atoms with Crippen LogP contribution in [-0.2, 0) is 9.59 Å². The molecule has 2 unspecified atom stereocenters. The number of aliphatic hydroxyl groups is 3. The molecular formula is C22H36O6. The largest absolute Gasteiger partial charge is 0.481 e. The fourth-order valence-electron chi connectivity index (χ4n) is 5.59. The van der Waals surface area contributed by atoms with Crippen molar-refractivity contribution in [2.45, 2.75) is 79.1 Å². The van der Waals surface area contributed by atoms with Crippen LogP contribution in [0.4, 0.5) is 0 Å². The summed E-state index contributed by atoms with van der Waals surface area (Å²) in [5.41, 5.74) is -1.30. The molecule has 0 aromatic heterocycles. The number of ketones is 1. The van der Waals surface area contributed by atoms with Gasteiger partial charge in [-0.05, 0) is 36.5 Å². The Morgan fingerprint density at radius 3 is 2.32 bits per heavy atom. The van der Waals surface area contributed by atoms with Gasteiger partial charge in [0.15, 0.2) is 5.79 Å². The Kier molecular flexibility index (Phi) is 6.21. The number of fused-ring (bicyclic) bond motifs is 1.